The van der Waals surface area contributed by atoms with E-state index in [1.807, 2.05) is 24.8 Å². The van der Waals surface area contributed by atoms with E-state index in [1.165, 1.54) is 49.7 Å². The molecule has 1 N–H and O–H groups in total. The Labute approximate surface area is 311 Å². The minimum Gasteiger partial charge on any atom is -0.410 e. The number of likely N-dealkylation sites (tertiary alicyclic amines) is 1. The van der Waals surface area contributed by atoms with Gasteiger partial charge in [0, 0.05) is 36.1 Å². The number of halogens is 2. The molecule has 5 nitrogen and oxygen atoms in total. The number of alkyl halides is 2. The molecule has 2 heterocycles. The monoisotopic (exact) mass is 708 g/mol. The predicted molar refractivity (Wildman–Crippen MR) is 208 cm³/mol. The maximum Gasteiger partial charge on any atom is 0.415 e. The summed E-state index contributed by atoms with van der Waals surface area (Å²) in [6.45, 7) is 16.2. The standard InChI is InChI=1S/C25H32N2O3.C7H16.C5H7B3F2S.C2H6/c1-25-9-8-20-19-5-3-18(30-24(28)27-11-16-13-29-14-17(16)12-27)10-15(19)2-4-21(20)22(25)6-7-23(25)26;1-4-6-7(3)5-2;6-4(9,2-1-3-11)5(7,8)10;1-2/h3,5,10,16-17,20-22,26H,2,4,6-9,11-14H2,1H3;7H,4-6H2,1-3H3;11H,1-3H2;1-2H3. The molecular weight excluding hydrogens is 647 g/mol. The van der Waals surface area contributed by atoms with Gasteiger partial charge in [-0.1, -0.05) is 66.9 Å². The van der Waals surface area contributed by atoms with Crippen molar-refractivity contribution < 1.29 is 23.0 Å². The molecule has 3 aliphatic carbocycles. The van der Waals surface area contributed by atoms with E-state index in [0.29, 0.717) is 47.5 Å². The number of ether oxygens (including phenoxy) is 2. The molecule has 6 radical (unpaired) electrons. The smallest absolute Gasteiger partial charge is 0.410 e. The number of benzene rings is 1. The Bertz CT molecular complexity index is 1240. The average Bonchev–Trinajstić information content (AvgIpc) is 3.79. The number of aryl methyl sites for hydroxylation is 1. The SMILES string of the molecule is CC.CC12CCC3c4ccc(OC(=O)N5CC6COCC6C5)cc4CCC3C1CCC2=N.CCCC(C)CC.[B]C([B])(F)C([B])(F)CCCS. The second kappa shape index (κ2) is 19.0. The summed E-state index contributed by atoms with van der Waals surface area (Å²) in [7, 11) is 14.1. The first kappa shape index (κ1) is 42.9. The Balaban J connectivity index is 0.000000282. The molecule has 2 saturated carbocycles. The lowest BCUT2D eigenvalue weighted by atomic mass is 9.50. The van der Waals surface area contributed by atoms with Gasteiger partial charge in [-0.25, -0.2) is 4.79 Å². The molecular formula is C39H61B3F2N2O3S. The molecule has 5 aliphatic rings. The normalized spacial score (nSPS) is 29.6. The Morgan fingerprint density at radius 2 is 1.78 bits per heavy atom. The molecule has 2 saturated heterocycles. The lowest BCUT2D eigenvalue weighted by Crippen LogP contribution is -2.49. The Hall–Kier alpha value is -1.48. The van der Waals surface area contributed by atoms with Crippen molar-refractivity contribution >= 4 is 48.0 Å². The van der Waals surface area contributed by atoms with E-state index < -0.39 is 11.0 Å². The number of carbonyl (C=O) groups is 1. The predicted octanol–water partition coefficient (Wildman–Crippen LogP) is 8.99. The van der Waals surface area contributed by atoms with Gasteiger partial charge in [-0.15, -0.1) is 0 Å². The number of fused-ring (bicyclic) bond motifs is 6. The lowest BCUT2D eigenvalue weighted by molar-refractivity contribution is 0.0952. The maximum absolute atomic E-state index is 12.9. The van der Waals surface area contributed by atoms with Gasteiger partial charge in [-0.2, -0.15) is 12.6 Å². The Morgan fingerprint density at radius 1 is 1.12 bits per heavy atom. The number of carbonyl (C=O) groups excluding carboxylic acids is 1. The van der Waals surface area contributed by atoms with Crippen LogP contribution in [0.15, 0.2) is 18.2 Å². The van der Waals surface area contributed by atoms with Crippen LogP contribution in [0.1, 0.15) is 123 Å². The molecule has 6 rings (SSSR count). The van der Waals surface area contributed by atoms with Crippen LogP contribution in [-0.4, -0.2) is 83.3 Å². The minimum atomic E-state index is -2.98. The first-order valence-corrected chi connectivity index (χ1v) is 19.9. The van der Waals surface area contributed by atoms with Crippen LogP contribution in [0, 0.1) is 40.4 Å². The van der Waals surface area contributed by atoms with E-state index in [4.69, 9.17) is 22.7 Å². The van der Waals surface area contributed by atoms with Crippen LogP contribution in [-0.2, 0) is 11.2 Å². The van der Waals surface area contributed by atoms with Gasteiger partial charge in [0.05, 0.1) is 24.2 Å². The number of nitrogens with zero attached hydrogens (tertiary/aromatic N) is 1. The summed E-state index contributed by atoms with van der Waals surface area (Å²) >= 11 is 3.80. The van der Waals surface area contributed by atoms with Crippen LogP contribution < -0.4 is 4.74 Å². The van der Waals surface area contributed by atoms with Crippen LogP contribution in [0.25, 0.3) is 0 Å². The molecule has 0 bridgehead atoms. The summed E-state index contributed by atoms with van der Waals surface area (Å²) in [6, 6.07) is 6.35. The second-order valence-electron chi connectivity index (χ2n) is 15.3. The van der Waals surface area contributed by atoms with E-state index >= 15 is 0 Å². The topological polar surface area (TPSA) is 62.6 Å². The van der Waals surface area contributed by atoms with E-state index in [2.05, 4.69) is 68.1 Å². The third-order valence-electron chi connectivity index (χ3n) is 12.0. The Morgan fingerprint density at radius 3 is 2.34 bits per heavy atom. The number of thiol groups is 1. The molecule has 0 spiro atoms. The first-order chi connectivity index (χ1) is 23.6. The van der Waals surface area contributed by atoms with Crippen LogP contribution in [0.2, 0.25) is 0 Å². The van der Waals surface area contributed by atoms with Crippen LogP contribution in [0.4, 0.5) is 13.6 Å². The van der Waals surface area contributed by atoms with Gasteiger partial charge < -0.3 is 19.8 Å². The van der Waals surface area contributed by atoms with Crippen LogP contribution >= 0.6 is 12.6 Å². The summed E-state index contributed by atoms with van der Waals surface area (Å²) in [5.41, 5.74) is -1.67. The lowest BCUT2D eigenvalue weighted by Gasteiger charge is -2.49. The molecule has 2 aliphatic heterocycles. The molecule has 8 unspecified atom stereocenters. The fourth-order valence-electron chi connectivity index (χ4n) is 8.66. The summed E-state index contributed by atoms with van der Waals surface area (Å²) in [5, 5.41) is 8.47. The number of amides is 1. The van der Waals surface area contributed by atoms with E-state index in [1.54, 1.807) is 0 Å². The zero-order valence-corrected chi connectivity index (χ0v) is 32.5. The van der Waals surface area contributed by atoms with Gasteiger partial charge in [-0.3, -0.25) is 8.78 Å². The molecule has 8 atom stereocenters. The van der Waals surface area contributed by atoms with Gasteiger partial charge >= 0.3 is 6.09 Å². The van der Waals surface area contributed by atoms with Gasteiger partial charge in [0.2, 0.25) is 0 Å². The van der Waals surface area contributed by atoms with Crippen molar-refractivity contribution in [1.29, 1.82) is 5.41 Å². The van der Waals surface area contributed by atoms with Gasteiger partial charge in [0.25, 0.3) is 0 Å². The van der Waals surface area contributed by atoms with Crippen molar-refractivity contribution in [1.82, 2.24) is 4.90 Å². The van der Waals surface area contributed by atoms with Crippen molar-refractivity contribution in [3.05, 3.63) is 29.3 Å². The second-order valence-corrected chi connectivity index (χ2v) is 15.8. The zero-order valence-electron chi connectivity index (χ0n) is 31.6. The number of rotatable bonds is 8. The van der Waals surface area contributed by atoms with Crippen molar-refractivity contribution in [2.24, 2.45) is 35.0 Å². The van der Waals surface area contributed by atoms with Crippen LogP contribution in [0.5, 0.6) is 5.75 Å². The molecule has 1 aromatic carbocycles. The van der Waals surface area contributed by atoms with Crippen molar-refractivity contribution in [2.75, 3.05) is 32.1 Å². The highest BCUT2D eigenvalue weighted by atomic mass is 32.1. The van der Waals surface area contributed by atoms with Gasteiger partial charge in [0.15, 0.2) is 0 Å². The molecule has 4 fully saturated rings. The quantitative estimate of drug-likeness (QED) is 0.210. The summed E-state index contributed by atoms with van der Waals surface area (Å²) in [4.78, 5) is 14.5. The van der Waals surface area contributed by atoms with Crippen LogP contribution in [0.3, 0.4) is 0 Å². The van der Waals surface area contributed by atoms with E-state index in [0.717, 1.165) is 57.2 Å². The molecule has 274 valence electrons. The van der Waals surface area contributed by atoms with E-state index in [9.17, 15) is 13.6 Å². The zero-order chi connectivity index (χ0) is 37.3. The minimum absolute atomic E-state index is 0.146. The first-order valence-electron chi connectivity index (χ1n) is 19.3. The molecule has 1 aromatic rings. The molecule has 50 heavy (non-hydrogen) atoms. The summed E-state index contributed by atoms with van der Waals surface area (Å²) in [5.74, 6) is 5.00. The summed E-state index contributed by atoms with van der Waals surface area (Å²) < 4.78 is 36.7. The highest BCUT2D eigenvalue weighted by Gasteiger charge is 2.53. The van der Waals surface area contributed by atoms with Crippen molar-refractivity contribution in [3.63, 3.8) is 0 Å². The fraction of sp³-hybridized carbons (Fsp3) is 0.795. The number of hydrogen-bond acceptors (Lipinski definition) is 5. The maximum atomic E-state index is 12.9. The average molecular weight is 708 g/mol. The number of nitrogens with one attached hydrogen (secondary N) is 1. The van der Waals surface area contributed by atoms with Gasteiger partial charge in [-0.05, 0) is 104 Å². The van der Waals surface area contributed by atoms with Gasteiger partial charge in [0.1, 0.15) is 29.3 Å². The van der Waals surface area contributed by atoms with Crippen molar-refractivity contribution in [3.8, 4) is 5.75 Å². The fourth-order valence-corrected chi connectivity index (χ4v) is 8.82. The Kier molecular flexibility index (Phi) is 16.3. The highest BCUT2D eigenvalue weighted by molar-refractivity contribution is 7.80. The third kappa shape index (κ3) is 10.3. The molecule has 11 heteroatoms. The summed E-state index contributed by atoms with van der Waals surface area (Å²) in [6.07, 6.45) is 10.8. The molecule has 1 amide bonds. The van der Waals surface area contributed by atoms with E-state index in [-0.39, 0.29) is 17.9 Å². The third-order valence-corrected chi connectivity index (χ3v) is 12.3. The van der Waals surface area contributed by atoms with Crippen molar-refractivity contribution in [2.45, 2.75) is 129 Å². The largest absolute Gasteiger partial charge is 0.415 e. The highest BCUT2D eigenvalue weighted by Crippen LogP contribution is 2.59. The molecule has 0 aromatic heterocycles. The number of hydrogen-bond donors (Lipinski definition) is 2.